The fourth-order valence-electron chi connectivity index (χ4n) is 5.85. The summed E-state index contributed by atoms with van der Waals surface area (Å²) in [6.07, 6.45) is 8.21. The minimum atomic E-state index is -0.628. The summed E-state index contributed by atoms with van der Waals surface area (Å²) in [7, 11) is 0. The van der Waals surface area contributed by atoms with Crippen LogP contribution in [0.2, 0.25) is 0 Å². The molecule has 1 fully saturated rings. The first-order valence-electron chi connectivity index (χ1n) is 17.5. The van der Waals surface area contributed by atoms with Crippen LogP contribution in [0.25, 0.3) is 11.1 Å². The summed E-state index contributed by atoms with van der Waals surface area (Å²) < 4.78 is 27.7. The molecule has 1 aliphatic heterocycles. The van der Waals surface area contributed by atoms with Crippen molar-refractivity contribution in [2.75, 3.05) is 26.4 Å². The number of benzene rings is 3. The van der Waals surface area contributed by atoms with Gasteiger partial charge in [-0.2, -0.15) is 0 Å². The lowest BCUT2D eigenvalue weighted by Crippen LogP contribution is -2.31. The summed E-state index contributed by atoms with van der Waals surface area (Å²) in [4.78, 5) is 61.7. The first-order valence-corrected chi connectivity index (χ1v) is 17.5. The lowest BCUT2D eigenvalue weighted by atomic mass is 9.98. The molecule has 272 valence electrons. The van der Waals surface area contributed by atoms with Crippen LogP contribution in [0.5, 0.6) is 17.2 Å². The van der Waals surface area contributed by atoms with Crippen molar-refractivity contribution in [3.8, 4) is 28.4 Å². The maximum Gasteiger partial charge on any atom is 0.343 e. The number of ether oxygens (including phenoxy) is 5. The van der Waals surface area contributed by atoms with Gasteiger partial charge in [-0.1, -0.05) is 31.2 Å². The summed E-state index contributed by atoms with van der Waals surface area (Å²) >= 11 is 0. The Morgan fingerprint density at radius 2 is 1.38 bits per heavy atom. The van der Waals surface area contributed by atoms with Gasteiger partial charge in [-0.3, -0.25) is 19.3 Å². The molecule has 0 spiro atoms. The minimum absolute atomic E-state index is 0.0654. The predicted molar refractivity (Wildman–Crippen MR) is 192 cm³/mol. The van der Waals surface area contributed by atoms with Gasteiger partial charge in [0.05, 0.1) is 31.8 Å². The second-order valence-electron chi connectivity index (χ2n) is 12.6. The van der Waals surface area contributed by atoms with E-state index >= 15 is 0 Å². The Bertz CT molecular complexity index is 1770. The highest BCUT2D eigenvalue weighted by atomic mass is 16.6. The smallest absolute Gasteiger partial charge is 0.343 e. The lowest BCUT2D eigenvalue weighted by Gasteiger charge is -2.21. The van der Waals surface area contributed by atoms with Crippen LogP contribution in [0.4, 0.5) is 0 Å². The van der Waals surface area contributed by atoms with Gasteiger partial charge in [-0.15, -0.1) is 0 Å². The van der Waals surface area contributed by atoms with Crippen molar-refractivity contribution in [2.24, 2.45) is 0 Å². The van der Waals surface area contributed by atoms with Gasteiger partial charge in [0.1, 0.15) is 23.4 Å². The predicted octanol–water partition coefficient (Wildman–Crippen LogP) is 6.71. The number of esters is 3. The Hall–Kier alpha value is -5.71. The van der Waals surface area contributed by atoms with E-state index in [4.69, 9.17) is 23.7 Å². The van der Waals surface area contributed by atoms with Gasteiger partial charge >= 0.3 is 17.9 Å². The molecule has 3 aromatic carbocycles. The zero-order valence-electron chi connectivity index (χ0n) is 29.3. The molecule has 1 saturated carbocycles. The van der Waals surface area contributed by atoms with E-state index in [0.717, 1.165) is 48.8 Å². The fraction of sp³-hybridized carbons (Fsp3) is 0.341. The topological polar surface area (TPSA) is 135 Å². The molecule has 0 aromatic heterocycles. The largest absolute Gasteiger partial charge is 0.494 e. The van der Waals surface area contributed by atoms with Crippen molar-refractivity contribution in [1.29, 1.82) is 0 Å². The third-order valence-electron chi connectivity index (χ3n) is 8.64. The summed E-state index contributed by atoms with van der Waals surface area (Å²) in [5.74, 6) is -0.583. The standard InChI is InChI=1S/C41H43NO10/c1-28-26-31(12-19-36(28)30-10-13-32(14-11-30)48-23-6-22-42-37(43)20-21-38(42)44)41(47)52-35-17-15-33(16-18-35)49-24-7-25-50-40(46)29(2)27-39(45)51-34-8-4-3-5-9-34/h10-21,26,34H,2-9,22-25,27H2,1H3. The van der Waals surface area contributed by atoms with Crippen LogP contribution < -0.4 is 14.2 Å². The molecule has 0 saturated heterocycles. The zero-order valence-corrected chi connectivity index (χ0v) is 29.3. The molecule has 11 heteroatoms. The zero-order chi connectivity index (χ0) is 36.9. The molecule has 0 atom stereocenters. The fourth-order valence-corrected chi connectivity index (χ4v) is 5.85. The number of amides is 2. The molecule has 2 aliphatic rings. The number of carbonyl (C=O) groups excluding carboxylic acids is 5. The Balaban J connectivity index is 0.989. The quantitative estimate of drug-likeness (QED) is 0.0489. The van der Waals surface area contributed by atoms with Gasteiger partial charge in [0.2, 0.25) is 0 Å². The highest BCUT2D eigenvalue weighted by Crippen LogP contribution is 2.27. The van der Waals surface area contributed by atoms with Crippen LogP contribution in [0.3, 0.4) is 0 Å². The normalized spacial score (nSPS) is 14.2. The third kappa shape index (κ3) is 10.9. The van der Waals surface area contributed by atoms with Crippen molar-refractivity contribution in [3.05, 3.63) is 102 Å². The van der Waals surface area contributed by atoms with Gasteiger partial charge in [0.15, 0.2) is 0 Å². The van der Waals surface area contributed by atoms with Gasteiger partial charge in [-0.25, -0.2) is 9.59 Å². The van der Waals surface area contributed by atoms with Gasteiger partial charge < -0.3 is 23.7 Å². The van der Waals surface area contributed by atoms with Crippen molar-refractivity contribution < 1.29 is 47.7 Å². The Labute approximate surface area is 303 Å². The maximum atomic E-state index is 12.9. The number of hydrogen-bond donors (Lipinski definition) is 0. The average Bonchev–Trinajstić information content (AvgIpc) is 3.46. The third-order valence-corrected chi connectivity index (χ3v) is 8.64. The molecule has 0 unspecified atom stereocenters. The second kappa shape index (κ2) is 18.5. The highest BCUT2D eigenvalue weighted by molar-refractivity contribution is 6.12. The van der Waals surface area contributed by atoms with Crippen molar-refractivity contribution in [2.45, 2.75) is 64.4 Å². The summed E-state index contributed by atoms with van der Waals surface area (Å²) in [5.41, 5.74) is 3.28. The number of aryl methyl sites for hydroxylation is 1. The Kier molecular flexibility index (Phi) is 13.4. The van der Waals surface area contributed by atoms with Crippen LogP contribution in [0, 0.1) is 6.92 Å². The number of carbonyl (C=O) groups is 5. The van der Waals surface area contributed by atoms with E-state index in [1.165, 1.54) is 17.1 Å². The summed E-state index contributed by atoms with van der Waals surface area (Å²) in [5, 5.41) is 0. The van der Waals surface area contributed by atoms with Crippen molar-refractivity contribution in [1.82, 2.24) is 4.90 Å². The molecule has 0 radical (unpaired) electrons. The SMILES string of the molecule is C=C(CC(=O)OC1CCCCC1)C(=O)OCCCOc1ccc(OC(=O)c2ccc(-c3ccc(OCCCN4C(=O)C=CC4=O)cc3)c(C)c2)cc1. The number of hydrogen-bond acceptors (Lipinski definition) is 10. The number of imide groups is 1. The van der Waals surface area contributed by atoms with E-state index in [-0.39, 0.29) is 43.1 Å². The molecule has 2 amide bonds. The van der Waals surface area contributed by atoms with Crippen LogP contribution >= 0.6 is 0 Å². The molecule has 1 aliphatic carbocycles. The van der Waals surface area contributed by atoms with E-state index in [1.54, 1.807) is 36.4 Å². The van der Waals surface area contributed by atoms with Crippen molar-refractivity contribution >= 4 is 29.7 Å². The first kappa shape index (κ1) is 37.5. The van der Waals surface area contributed by atoms with Crippen LogP contribution in [0.15, 0.2) is 91.0 Å². The number of nitrogens with zero attached hydrogens (tertiary/aromatic N) is 1. The van der Waals surface area contributed by atoms with Gasteiger partial charge in [0, 0.05) is 30.7 Å². The second-order valence-corrected chi connectivity index (χ2v) is 12.6. The Morgan fingerprint density at radius 3 is 2.04 bits per heavy atom. The van der Waals surface area contributed by atoms with E-state index in [9.17, 15) is 24.0 Å². The molecular weight excluding hydrogens is 666 g/mol. The lowest BCUT2D eigenvalue weighted by molar-refractivity contribution is -0.151. The van der Waals surface area contributed by atoms with Gasteiger partial charge in [0.25, 0.3) is 11.8 Å². The average molecular weight is 710 g/mol. The van der Waals surface area contributed by atoms with Crippen LogP contribution in [-0.2, 0) is 28.7 Å². The van der Waals surface area contributed by atoms with Gasteiger partial charge in [-0.05, 0) is 104 Å². The van der Waals surface area contributed by atoms with Crippen LogP contribution in [-0.4, -0.2) is 67.1 Å². The van der Waals surface area contributed by atoms with E-state index in [0.29, 0.717) is 48.8 Å². The van der Waals surface area contributed by atoms with Crippen LogP contribution in [0.1, 0.15) is 67.3 Å². The summed E-state index contributed by atoms with van der Waals surface area (Å²) in [6.45, 7) is 6.64. The summed E-state index contributed by atoms with van der Waals surface area (Å²) in [6, 6.07) is 19.6. The van der Waals surface area contributed by atoms with E-state index in [2.05, 4.69) is 6.58 Å². The molecule has 0 N–H and O–H groups in total. The Morgan fingerprint density at radius 1 is 0.769 bits per heavy atom. The minimum Gasteiger partial charge on any atom is -0.494 e. The molecule has 1 heterocycles. The molecule has 52 heavy (non-hydrogen) atoms. The van der Waals surface area contributed by atoms with Crippen molar-refractivity contribution in [3.63, 3.8) is 0 Å². The molecule has 11 nitrogen and oxygen atoms in total. The van der Waals surface area contributed by atoms with E-state index < -0.39 is 17.9 Å². The maximum absolute atomic E-state index is 12.9. The molecular formula is C41H43NO10. The highest BCUT2D eigenvalue weighted by Gasteiger charge is 2.23. The molecule has 5 rings (SSSR count). The number of rotatable bonds is 17. The van der Waals surface area contributed by atoms with E-state index in [1.807, 2.05) is 37.3 Å². The molecule has 3 aromatic rings. The monoisotopic (exact) mass is 709 g/mol. The first-order chi connectivity index (χ1) is 25.2. The molecule has 0 bridgehead atoms.